The highest BCUT2D eigenvalue weighted by Crippen LogP contribution is 2.56. The van der Waals surface area contributed by atoms with E-state index in [0.717, 1.165) is 6.42 Å². The van der Waals surface area contributed by atoms with Gasteiger partial charge in [-0.3, -0.25) is 0 Å². The molecule has 0 amide bonds. The van der Waals surface area contributed by atoms with Gasteiger partial charge in [0.25, 0.3) is 0 Å². The first kappa shape index (κ1) is 28.6. The third kappa shape index (κ3) is 4.30. The number of fused-ring (bicyclic) bond motifs is 9. The minimum Gasteiger partial charge on any atom is -0.310 e. The minimum atomic E-state index is 0.0467. The van der Waals surface area contributed by atoms with Gasteiger partial charge < -0.3 is 4.90 Å². The highest BCUT2D eigenvalue weighted by Gasteiger charge is 2.45. The molecule has 0 aliphatic heterocycles. The van der Waals surface area contributed by atoms with Crippen LogP contribution in [0.15, 0.2) is 163 Å². The van der Waals surface area contributed by atoms with Crippen molar-refractivity contribution in [2.24, 2.45) is 5.92 Å². The number of hydrogen-bond acceptors (Lipinski definition) is 2. The van der Waals surface area contributed by atoms with Gasteiger partial charge >= 0.3 is 0 Å². The number of benzene rings is 7. The van der Waals surface area contributed by atoms with Crippen LogP contribution in [0.4, 0.5) is 11.4 Å². The largest absolute Gasteiger partial charge is 0.310 e. The average Bonchev–Trinajstić information content (AvgIpc) is 3.64. The molecule has 1 atom stereocenters. The smallest absolute Gasteiger partial charge is 0.0554 e. The van der Waals surface area contributed by atoms with Crippen molar-refractivity contribution >= 4 is 70.0 Å². The molecule has 2 aliphatic rings. The SMILES string of the molecule is CC1(C)c2ccccc2C2=C(N(c3ccc(-c4ccc5ccccc5c4)cc3)c3cc4sc5ccccc5c4c4ccccc34)C=CCC21. The molecule has 1 nitrogen and oxygen atoms in total. The van der Waals surface area contributed by atoms with Crippen LogP contribution >= 0.6 is 11.3 Å². The van der Waals surface area contributed by atoms with Crippen molar-refractivity contribution in [3.63, 3.8) is 0 Å². The Morgan fingerprint density at radius 2 is 1.31 bits per heavy atom. The molecule has 1 unspecified atom stereocenters. The number of anilines is 2. The molecule has 0 N–H and O–H groups in total. The molecule has 8 aromatic rings. The summed E-state index contributed by atoms with van der Waals surface area (Å²) in [6.07, 6.45) is 5.85. The predicted octanol–water partition coefficient (Wildman–Crippen LogP) is 13.4. The van der Waals surface area contributed by atoms with E-state index in [2.05, 4.69) is 176 Å². The van der Waals surface area contributed by atoms with Crippen molar-refractivity contribution in [1.82, 2.24) is 0 Å². The quantitative estimate of drug-likeness (QED) is 0.184. The molecule has 0 saturated heterocycles. The first-order valence-electron chi connectivity index (χ1n) is 17.3. The molecule has 7 aromatic carbocycles. The summed E-state index contributed by atoms with van der Waals surface area (Å²) >= 11 is 1.90. The van der Waals surface area contributed by atoms with E-state index in [4.69, 9.17) is 0 Å². The number of rotatable bonds is 4. The van der Waals surface area contributed by atoms with Gasteiger partial charge in [0, 0.05) is 36.9 Å². The number of nitrogens with zero attached hydrogens (tertiary/aromatic N) is 1. The molecule has 2 aliphatic carbocycles. The fourth-order valence-electron chi connectivity index (χ4n) is 8.68. The zero-order chi connectivity index (χ0) is 32.7. The second-order valence-corrected chi connectivity index (χ2v) is 15.2. The Bertz CT molecular complexity index is 2670. The van der Waals surface area contributed by atoms with Crippen LogP contribution in [0.2, 0.25) is 0 Å². The number of allylic oxidation sites excluding steroid dienone is 3. The average molecular weight is 646 g/mol. The predicted molar refractivity (Wildman–Crippen MR) is 212 cm³/mol. The van der Waals surface area contributed by atoms with E-state index in [1.165, 1.54) is 86.6 Å². The van der Waals surface area contributed by atoms with Crippen molar-refractivity contribution in [2.75, 3.05) is 4.90 Å². The van der Waals surface area contributed by atoms with E-state index in [9.17, 15) is 0 Å². The standard InChI is InChI=1S/C47H35NS/c1-47(2)39-18-9-7-16-37(39)46-40(47)19-11-20-41(46)48(34-26-24-31(25-27-34)33-23-22-30-12-3-4-13-32(30)28-33)42-29-44-45(36-15-6-5-14-35(36)42)38-17-8-10-21-43(38)49-44/h3-18,20-29,40H,19H2,1-2H3. The molecule has 0 bridgehead atoms. The van der Waals surface area contributed by atoms with E-state index in [1.807, 2.05) is 11.3 Å². The molecule has 1 heterocycles. The van der Waals surface area contributed by atoms with Gasteiger partial charge in [-0.25, -0.2) is 0 Å². The first-order chi connectivity index (χ1) is 24.1. The summed E-state index contributed by atoms with van der Waals surface area (Å²) in [4.78, 5) is 2.56. The fraction of sp³-hybridized carbons (Fsp3) is 0.106. The highest BCUT2D eigenvalue weighted by molar-refractivity contribution is 7.26. The molecular weight excluding hydrogens is 611 g/mol. The lowest BCUT2D eigenvalue weighted by atomic mass is 9.74. The summed E-state index contributed by atoms with van der Waals surface area (Å²) in [6, 6.07) is 54.1. The van der Waals surface area contributed by atoms with Gasteiger partial charge in [-0.2, -0.15) is 0 Å². The molecule has 0 spiro atoms. The maximum absolute atomic E-state index is 2.56. The molecule has 10 rings (SSSR count). The van der Waals surface area contributed by atoms with Crippen molar-refractivity contribution in [2.45, 2.75) is 25.7 Å². The summed E-state index contributed by atoms with van der Waals surface area (Å²) in [5, 5.41) is 7.80. The lowest BCUT2D eigenvalue weighted by molar-refractivity contribution is 0.413. The van der Waals surface area contributed by atoms with E-state index in [0.29, 0.717) is 5.92 Å². The summed E-state index contributed by atoms with van der Waals surface area (Å²) in [7, 11) is 0. The lowest BCUT2D eigenvalue weighted by Crippen LogP contribution is -2.27. The van der Waals surface area contributed by atoms with Gasteiger partial charge in [0.05, 0.1) is 5.69 Å². The topological polar surface area (TPSA) is 3.24 Å². The molecule has 0 saturated carbocycles. The molecule has 0 fully saturated rings. The molecule has 234 valence electrons. The van der Waals surface area contributed by atoms with Gasteiger partial charge in [0.2, 0.25) is 0 Å². The van der Waals surface area contributed by atoms with Gasteiger partial charge in [0.15, 0.2) is 0 Å². The molecular formula is C47H35NS. The number of thiophene rings is 1. The van der Waals surface area contributed by atoms with E-state index < -0.39 is 0 Å². The maximum Gasteiger partial charge on any atom is 0.0554 e. The molecule has 49 heavy (non-hydrogen) atoms. The van der Waals surface area contributed by atoms with Crippen LogP contribution in [0.1, 0.15) is 31.4 Å². The fourth-order valence-corrected chi connectivity index (χ4v) is 9.84. The third-order valence-electron chi connectivity index (χ3n) is 11.1. The molecule has 2 heteroatoms. The summed E-state index contributed by atoms with van der Waals surface area (Å²) in [5.74, 6) is 0.406. The van der Waals surface area contributed by atoms with E-state index in [-0.39, 0.29) is 5.41 Å². The van der Waals surface area contributed by atoms with Crippen molar-refractivity contribution in [3.05, 3.63) is 175 Å². The summed E-state index contributed by atoms with van der Waals surface area (Å²) in [5.41, 5.74) is 10.5. The zero-order valence-corrected chi connectivity index (χ0v) is 28.5. The Kier molecular flexibility index (Phi) is 6.29. The molecule has 0 radical (unpaired) electrons. The van der Waals surface area contributed by atoms with Crippen LogP contribution in [-0.2, 0) is 5.41 Å². The Morgan fingerprint density at radius 3 is 2.16 bits per heavy atom. The van der Waals surface area contributed by atoms with Gasteiger partial charge in [0.1, 0.15) is 0 Å². The lowest BCUT2D eigenvalue weighted by Gasteiger charge is -2.35. The number of hydrogen-bond donors (Lipinski definition) is 0. The second-order valence-electron chi connectivity index (χ2n) is 14.1. The third-order valence-corrected chi connectivity index (χ3v) is 12.2. The Balaban J connectivity index is 1.24. The van der Waals surface area contributed by atoms with Crippen LogP contribution in [-0.4, -0.2) is 0 Å². The molecule has 1 aromatic heterocycles. The first-order valence-corrected chi connectivity index (χ1v) is 18.1. The van der Waals surface area contributed by atoms with Crippen molar-refractivity contribution < 1.29 is 0 Å². The highest BCUT2D eigenvalue weighted by atomic mass is 32.1. The van der Waals surface area contributed by atoms with E-state index >= 15 is 0 Å². The van der Waals surface area contributed by atoms with Crippen LogP contribution < -0.4 is 4.90 Å². The zero-order valence-electron chi connectivity index (χ0n) is 27.7. The summed E-state index contributed by atoms with van der Waals surface area (Å²) in [6.45, 7) is 4.86. The normalized spacial score (nSPS) is 16.5. The van der Waals surface area contributed by atoms with E-state index in [1.54, 1.807) is 0 Å². The summed E-state index contributed by atoms with van der Waals surface area (Å²) < 4.78 is 2.65. The Hall–Kier alpha value is -5.44. The minimum absolute atomic E-state index is 0.0467. The Morgan fingerprint density at radius 1 is 0.612 bits per heavy atom. The van der Waals surface area contributed by atoms with Gasteiger partial charge in [-0.15, -0.1) is 11.3 Å². The van der Waals surface area contributed by atoms with Crippen LogP contribution in [0.3, 0.4) is 0 Å². The second kappa shape index (κ2) is 10.8. The maximum atomic E-state index is 2.56. The van der Waals surface area contributed by atoms with Crippen LogP contribution in [0.5, 0.6) is 0 Å². The van der Waals surface area contributed by atoms with Gasteiger partial charge in [-0.05, 0) is 98.1 Å². The van der Waals surface area contributed by atoms with Crippen molar-refractivity contribution in [1.29, 1.82) is 0 Å². The van der Waals surface area contributed by atoms with Crippen molar-refractivity contribution in [3.8, 4) is 11.1 Å². The van der Waals surface area contributed by atoms with Crippen LogP contribution in [0.25, 0.3) is 58.4 Å². The van der Waals surface area contributed by atoms with Crippen LogP contribution in [0, 0.1) is 5.92 Å². The monoisotopic (exact) mass is 645 g/mol. The van der Waals surface area contributed by atoms with Gasteiger partial charge in [-0.1, -0.05) is 135 Å². The Labute approximate surface area is 291 Å².